The topological polar surface area (TPSA) is 136 Å². The number of benzene rings is 1. The van der Waals surface area contributed by atoms with Crippen LogP contribution in [0.5, 0.6) is 6.01 Å². The molecule has 0 aliphatic heterocycles. The lowest BCUT2D eigenvalue weighted by Gasteiger charge is -2.13. The number of hydrogen-bond acceptors (Lipinski definition) is 8. The van der Waals surface area contributed by atoms with Gasteiger partial charge in [0.1, 0.15) is 5.82 Å². The fraction of sp³-hybridized carbons (Fsp3) is 0.214. The first-order chi connectivity index (χ1) is 12.3. The Hall–Kier alpha value is -3.15. The zero-order chi connectivity index (χ0) is 18.9. The number of aromatic nitrogens is 6. The van der Waals surface area contributed by atoms with Gasteiger partial charge >= 0.3 is 6.01 Å². The molecule has 0 spiro atoms. The van der Waals surface area contributed by atoms with E-state index in [0.29, 0.717) is 11.4 Å². The number of sulfonamides is 1. The number of ether oxygens (including phenoxy) is 1. The van der Waals surface area contributed by atoms with Crippen LogP contribution in [0, 0.1) is 19.7 Å². The molecule has 3 aromatic rings. The Morgan fingerprint density at radius 1 is 1.19 bits per heavy atom. The standard InChI is InChI=1S/C14H14FN7O3S/c1-7-12(8(2)17-14(16-7)25-3)20-26(23,24)9-4-5-11(15)10(6-9)13-18-21-22-19-13/h4-6,20H,1-3H3,(H,18,19,21,22). The van der Waals surface area contributed by atoms with E-state index in [9.17, 15) is 12.8 Å². The molecule has 0 aliphatic rings. The van der Waals surface area contributed by atoms with E-state index >= 15 is 0 Å². The molecule has 0 saturated carbocycles. The normalized spacial score (nSPS) is 11.4. The first-order valence-electron chi connectivity index (χ1n) is 7.27. The number of anilines is 1. The summed E-state index contributed by atoms with van der Waals surface area (Å²) in [7, 11) is -2.62. The molecule has 2 heterocycles. The highest BCUT2D eigenvalue weighted by molar-refractivity contribution is 7.92. The van der Waals surface area contributed by atoms with E-state index in [1.165, 1.54) is 7.11 Å². The average molecular weight is 379 g/mol. The summed E-state index contributed by atoms with van der Waals surface area (Å²) in [6.07, 6.45) is 0. The van der Waals surface area contributed by atoms with Crippen molar-refractivity contribution < 1.29 is 17.5 Å². The van der Waals surface area contributed by atoms with Gasteiger partial charge in [0.25, 0.3) is 10.0 Å². The molecule has 12 heteroatoms. The first kappa shape index (κ1) is 17.7. The molecule has 26 heavy (non-hydrogen) atoms. The lowest BCUT2D eigenvalue weighted by molar-refractivity contribution is 0.378. The SMILES string of the molecule is COc1nc(C)c(NS(=O)(=O)c2ccc(F)c(-c3nn[nH]n3)c2)c(C)n1. The molecule has 0 atom stereocenters. The Bertz CT molecular complexity index is 1030. The lowest BCUT2D eigenvalue weighted by atomic mass is 10.2. The van der Waals surface area contributed by atoms with Gasteiger partial charge in [-0.05, 0) is 37.3 Å². The smallest absolute Gasteiger partial charge is 0.316 e. The van der Waals surface area contributed by atoms with E-state index < -0.39 is 15.8 Å². The van der Waals surface area contributed by atoms with Gasteiger partial charge in [-0.3, -0.25) is 4.72 Å². The molecule has 0 fully saturated rings. The van der Waals surface area contributed by atoms with E-state index in [-0.39, 0.29) is 28.0 Å². The molecule has 136 valence electrons. The van der Waals surface area contributed by atoms with Crippen LogP contribution in [0.4, 0.5) is 10.1 Å². The number of methoxy groups -OCH3 is 1. The van der Waals surface area contributed by atoms with E-state index in [0.717, 1.165) is 18.2 Å². The van der Waals surface area contributed by atoms with E-state index in [1.54, 1.807) is 13.8 Å². The van der Waals surface area contributed by atoms with Crippen molar-refractivity contribution >= 4 is 15.7 Å². The molecular formula is C14H14FN7O3S. The largest absolute Gasteiger partial charge is 0.467 e. The van der Waals surface area contributed by atoms with Crippen molar-refractivity contribution in [2.45, 2.75) is 18.7 Å². The number of hydrogen-bond donors (Lipinski definition) is 2. The van der Waals surface area contributed by atoms with Crippen molar-refractivity contribution in [1.82, 2.24) is 30.6 Å². The Labute approximate surface area is 147 Å². The van der Waals surface area contributed by atoms with E-state index in [1.807, 2.05) is 0 Å². The van der Waals surface area contributed by atoms with Gasteiger partial charge in [-0.1, -0.05) is 0 Å². The third kappa shape index (κ3) is 3.31. The second-order valence-corrected chi connectivity index (χ2v) is 6.92. The van der Waals surface area contributed by atoms with Crippen molar-refractivity contribution in [1.29, 1.82) is 0 Å². The van der Waals surface area contributed by atoms with Crippen LogP contribution in [-0.4, -0.2) is 46.1 Å². The quantitative estimate of drug-likeness (QED) is 0.675. The van der Waals surface area contributed by atoms with E-state index in [2.05, 4.69) is 35.3 Å². The van der Waals surface area contributed by atoms with Crippen LogP contribution in [0.15, 0.2) is 23.1 Å². The van der Waals surface area contributed by atoms with Crippen LogP contribution < -0.4 is 9.46 Å². The van der Waals surface area contributed by atoms with Crippen molar-refractivity contribution in [3.8, 4) is 17.4 Å². The fourth-order valence-electron chi connectivity index (χ4n) is 2.24. The Morgan fingerprint density at radius 2 is 1.88 bits per heavy atom. The number of tetrazole rings is 1. The second kappa shape index (κ2) is 6.63. The zero-order valence-corrected chi connectivity index (χ0v) is 14.8. The van der Waals surface area contributed by atoms with Gasteiger partial charge in [0.2, 0.25) is 5.82 Å². The maximum Gasteiger partial charge on any atom is 0.316 e. The number of nitrogens with zero attached hydrogens (tertiary/aromatic N) is 5. The van der Waals surface area contributed by atoms with Crippen molar-refractivity contribution in [3.63, 3.8) is 0 Å². The predicted octanol–water partition coefficient (Wildman–Crippen LogP) is 1.22. The maximum atomic E-state index is 14.0. The second-order valence-electron chi connectivity index (χ2n) is 5.24. The van der Waals surface area contributed by atoms with Crippen LogP contribution >= 0.6 is 0 Å². The van der Waals surface area contributed by atoms with Crippen LogP contribution in [0.3, 0.4) is 0 Å². The molecule has 2 N–H and O–H groups in total. The van der Waals surface area contributed by atoms with Gasteiger partial charge in [0, 0.05) is 0 Å². The predicted molar refractivity (Wildman–Crippen MR) is 88.4 cm³/mol. The number of H-pyrrole nitrogens is 1. The molecule has 3 rings (SSSR count). The van der Waals surface area contributed by atoms with Gasteiger partial charge < -0.3 is 4.74 Å². The number of rotatable bonds is 5. The molecular weight excluding hydrogens is 365 g/mol. The van der Waals surface area contributed by atoms with Crippen LogP contribution in [0.1, 0.15) is 11.4 Å². The number of aromatic amines is 1. The molecule has 0 amide bonds. The van der Waals surface area contributed by atoms with Crippen molar-refractivity contribution in [3.05, 3.63) is 35.4 Å². The summed E-state index contributed by atoms with van der Waals surface area (Å²) in [4.78, 5) is 7.93. The summed E-state index contributed by atoms with van der Waals surface area (Å²) >= 11 is 0. The molecule has 0 bridgehead atoms. The zero-order valence-electron chi connectivity index (χ0n) is 14.0. The number of halogens is 1. The fourth-order valence-corrected chi connectivity index (χ4v) is 3.44. The minimum Gasteiger partial charge on any atom is -0.467 e. The number of nitrogens with one attached hydrogen (secondary N) is 2. The Kier molecular flexibility index (Phi) is 4.50. The summed E-state index contributed by atoms with van der Waals surface area (Å²) in [5, 5.41) is 12.9. The van der Waals surface area contributed by atoms with Crippen LogP contribution in [-0.2, 0) is 10.0 Å². The highest BCUT2D eigenvalue weighted by Gasteiger charge is 2.21. The monoisotopic (exact) mass is 379 g/mol. The summed E-state index contributed by atoms with van der Waals surface area (Å²) in [6.45, 7) is 3.23. The Balaban J connectivity index is 2.01. The molecule has 10 nitrogen and oxygen atoms in total. The molecule has 0 unspecified atom stereocenters. The summed E-state index contributed by atoms with van der Waals surface area (Å²) in [6, 6.07) is 3.40. The van der Waals surface area contributed by atoms with Gasteiger partial charge in [-0.15, -0.1) is 10.2 Å². The minimum atomic E-state index is -4.03. The van der Waals surface area contributed by atoms with Crippen molar-refractivity contribution in [2.75, 3.05) is 11.8 Å². The number of aryl methyl sites for hydroxylation is 2. The third-order valence-corrected chi connectivity index (χ3v) is 4.85. The average Bonchev–Trinajstić information content (AvgIpc) is 3.12. The summed E-state index contributed by atoms with van der Waals surface area (Å²) in [5.41, 5.74) is 0.897. The minimum absolute atomic E-state index is 0.0558. The highest BCUT2D eigenvalue weighted by Crippen LogP contribution is 2.26. The highest BCUT2D eigenvalue weighted by atomic mass is 32.2. The first-order valence-corrected chi connectivity index (χ1v) is 8.75. The van der Waals surface area contributed by atoms with E-state index in [4.69, 9.17) is 4.74 Å². The van der Waals surface area contributed by atoms with Gasteiger partial charge in [0.05, 0.1) is 34.6 Å². The molecule has 0 aliphatic carbocycles. The van der Waals surface area contributed by atoms with Crippen LogP contribution in [0.25, 0.3) is 11.4 Å². The molecule has 0 radical (unpaired) electrons. The molecule has 1 aromatic carbocycles. The van der Waals surface area contributed by atoms with Gasteiger partial charge in [-0.25, -0.2) is 12.8 Å². The molecule has 2 aromatic heterocycles. The molecule has 0 saturated heterocycles. The third-order valence-electron chi connectivity index (χ3n) is 3.50. The van der Waals surface area contributed by atoms with Crippen molar-refractivity contribution in [2.24, 2.45) is 0 Å². The maximum absolute atomic E-state index is 14.0. The lowest BCUT2D eigenvalue weighted by Crippen LogP contribution is -2.16. The van der Waals surface area contributed by atoms with Gasteiger partial charge in [-0.2, -0.15) is 15.2 Å². The summed E-state index contributed by atoms with van der Waals surface area (Å²) in [5.74, 6) is -0.731. The summed E-state index contributed by atoms with van der Waals surface area (Å²) < 4.78 is 46.8. The van der Waals surface area contributed by atoms with Gasteiger partial charge in [0.15, 0.2) is 0 Å². The van der Waals surface area contributed by atoms with Crippen LogP contribution in [0.2, 0.25) is 0 Å². The Morgan fingerprint density at radius 3 is 2.46 bits per heavy atom.